The third-order valence-corrected chi connectivity index (χ3v) is 5.55. The molecule has 0 aromatic heterocycles. The zero-order valence-corrected chi connectivity index (χ0v) is 14.5. The van der Waals surface area contributed by atoms with Crippen molar-refractivity contribution >= 4 is 24.2 Å². The second kappa shape index (κ2) is 9.24. The molecule has 3 rings (SSSR count). The molecule has 22 heavy (non-hydrogen) atoms. The number of thioether (sulfide) groups is 1. The molecule has 1 aliphatic heterocycles. The van der Waals surface area contributed by atoms with Crippen LogP contribution in [0.5, 0.6) is 0 Å². The molecule has 0 unspecified atom stereocenters. The number of rotatable bonds is 5. The molecule has 1 fully saturated rings. The van der Waals surface area contributed by atoms with Gasteiger partial charge in [-0.2, -0.15) is 11.8 Å². The maximum Gasteiger partial charge on any atom is 0.0233 e. The first-order chi connectivity index (χ1) is 10.4. The first-order valence-electron chi connectivity index (χ1n) is 7.82. The molecule has 118 valence electrons. The Balaban J connectivity index is 0.00000176. The Morgan fingerprint density at radius 2 is 1.36 bits per heavy atom. The van der Waals surface area contributed by atoms with Gasteiger partial charge in [-0.05, 0) is 37.1 Å². The Bertz CT molecular complexity index is 524. The topological polar surface area (TPSA) is 3.24 Å². The van der Waals surface area contributed by atoms with Gasteiger partial charge < -0.3 is 0 Å². The van der Waals surface area contributed by atoms with Gasteiger partial charge in [-0.1, -0.05) is 60.7 Å². The van der Waals surface area contributed by atoms with E-state index in [2.05, 4.69) is 77.3 Å². The van der Waals surface area contributed by atoms with E-state index in [1.54, 1.807) is 0 Å². The summed E-state index contributed by atoms with van der Waals surface area (Å²) in [7, 11) is 0. The third kappa shape index (κ3) is 5.35. The summed E-state index contributed by atoms with van der Waals surface area (Å²) < 4.78 is 0. The van der Waals surface area contributed by atoms with Crippen molar-refractivity contribution in [3.63, 3.8) is 0 Å². The van der Waals surface area contributed by atoms with E-state index in [-0.39, 0.29) is 12.4 Å². The predicted octanol–water partition coefficient (Wildman–Crippen LogP) is 5.01. The van der Waals surface area contributed by atoms with Crippen LogP contribution in [0.3, 0.4) is 0 Å². The highest BCUT2D eigenvalue weighted by Crippen LogP contribution is 2.27. The fraction of sp³-hybridized carbons (Fsp3) is 0.368. The summed E-state index contributed by atoms with van der Waals surface area (Å²) in [6.07, 6.45) is 2.65. The molecule has 1 heterocycles. The van der Waals surface area contributed by atoms with Crippen molar-refractivity contribution in [2.45, 2.75) is 30.4 Å². The molecule has 2 aromatic rings. The standard InChI is InChI=1S/C19H23NS.ClH/c1-3-7-17(8-4-1)15-20-13-11-19(12-14-20)21-16-18-9-5-2-6-10-18;/h1-10,19H,11-16H2;1H. The van der Waals surface area contributed by atoms with Gasteiger partial charge in [0.05, 0.1) is 0 Å². The summed E-state index contributed by atoms with van der Waals surface area (Å²) in [5, 5.41) is 0.831. The molecular weight excluding hydrogens is 310 g/mol. The number of likely N-dealkylation sites (tertiary alicyclic amines) is 1. The Morgan fingerprint density at radius 1 is 0.818 bits per heavy atom. The van der Waals surface area contributed by atoms with Crippen LogP contribution in [-0.2, 0) is 12.3 Å². The smallest absolute Gasteiger partial charge is 0.0233 e. The average molecular weight is 334 g/mol. The zero-order valence-electron chi connectivity index (χ0n) is 12.9. The molecule has 0 N–H and O–H groups in total. The van der Waals surface area contributed by atoms with Crippen LogP contribution in [-0.4, -0.2) is 23.2 Å². The van der Waals surface area contributed by atoms with E-state index in [9.17, 15) is 0 Å². The molecule has 1 saturated heterocycles. The fourth-order valence-electron chi connectivity index (χ4n) is 2.86. The summed E-state index contributed by atoms with van der Waals surface area (Å²) in [5.74, 6) is 1.16. The number of halogens is 1. The lowest BCUT2D eigenvalue weighted by atomic mass is 10.1. The van der Waals surface area contributed by atoms with Crippen molar-refractivity contribution in [3.05, 3.63) is 71.8 Å². The van der Waals surface area contributed by atoms with Gasteiger partial charge in [0.25, 0.3) is 0 Å². The van der Waals surface area contributed by atoms with E-state index in [0.29, 0.717) is 0 Å². The van der Waals surface area contributed by atoms with Gasteiger partial charge >= 0.3 is 0 Å². The Hall–Kier alpha value is -0.960. The van der Waals surface area contributed by atoms with E-state index in [0.717, 1.165) is 17.5 Å². The second-order valence-electron chi connectivity index (χ2n) is 5.76. The number of nitrogens with zero attached hydrogens (tertiary/aromatic N) is 1. The maximum absolute atomic E-state index is 2.59. The van der Waals surface area contributed by atoms with Gasteiger partial charge in [0, 0.05) is 17.5 Å². The molecular formula is C19H24ClNS. The molecule has 0 bridgehead atoms. The van der Waals surface area contributed by atoms with Gasteiger partial charge in [-0.3, -0.25) is 4.90 Å². The number of hydrogen-bond donors (Lipinski definition) is 0. The molecule has 3 heteroatoms. The van der Waals surface area contributed by atoms with Crippen LogP contribution in [0.4, 0.5) is 0 Å². The number of piperidine rings is 1. The molecule has 0 aliphatic carbocycles. The molecule has 0 atom stereocenters. The van der Waals surface area contributed by atoms with Crippen molar-refractivity contribution < 1.29 is 0 Å². The monoisotopic (exact) mass is 333 g/mol. The van der Waals surface area contributed by atoms with Crippen LogP contribution in [0.1, 0.15) is 24.0 Å². The normalized spacial score (nSPS) is 16.2. The van der Waals surface area contributed by atoms with Crippen LogP contribution in [0, 0.1) is 0 Å². The minimum Gasteiger partial charge on any atom is -0.299 e. The van der Waals surface area contributed by atoms with Crippen LogP contribution in [0.2, 0.25) is 0 Å². The minimum atomic E-state index is 0. The van der Waals surface area contributed by atoms with Crippen molar-refractivity contribution in [3.8, 4) is 0 Å². The van der Waals surface area contributed by atoms with Gasteiger partial charge in [0.2, 0.25) is 0 Å². The first-order valence-corrected chi connectivity index (χ1v) is 8.87. The molecule has 0 spiro atoms. The van der Waals surface area contributed by atoms with E-state index >= 15 is 0 Å². The molecule has 0 saturated carbocycles. The zero-order chi connectivity index (χ0) is 14.3. The van der Waals surface area contributed by atoms with E-state index in [1.165, 1.54) is 37.1 Å². The SMILES string of the molecule is Cl.c1ccc(CSC2CCN(Cc3ccccc3)CC2)cc1. The van der Waals surface area contributed by atoms with Gasteiger partial charge in [0.1, 0.15) is 0 Å². The summed E-state index contributed by atoms with van der Waals surface area (Å²) >= 11 is 2.13. The summed E-state index contributed by atoms with van der Waals surface area (Å²) in [6, 6.07) is 21.7. The molecule has 0 radical (unpaired) electrons. The Morgan fingerprint density at radius 3 is 1.95 bits per heavy atom. The summed E-state index contributed by atoms with van der Waals surface area (Å²) in [6.45, 7) is 3.58. The third-order valence-electron chi connectivity index (χ3n) is 4.11. The number of benzene rings is 2. The van der Waals surface area contributed by atoms with Crippen LogP contribution >= 0.6 is 24.2 Å². The minimum absolute atomic E-state index is 0. The average Bonchev–Trinajstić information content (AvgIpc) is 2.56. The predicted molar refractivity (Wildman–Crippen MR) is 99.7 cm³/mol. The van der Waals surface area contributed by atoms with Crippen molar-refractivity contribution in [1.29, 1.82) is 0 Å². The van der Waals surface area contributed by atoms with Crippen LogP contribution in [0.15, 0.2) is 60.7 Å². The summed E-state index contributed by atoms with van der Waals surface area (Å²) in [4.78, 5) is 2.59. The van der Waals surface area contributed by atoms with E-state index in [4.69, 9.17) is 0 Å². The first kappa shape index (κ1) is 17.4. The molecule has 1 aliphatic rings. The summed E-state index contributed by atoms with van der Waals surface area (Å²) in [5.41, 5.74) is 2.89. The molecule has 0 amide bonds. The number of hydrogen-bond acceptors (Lipinski definition) is 2. The van der Waals surface area contributed by atoms with E-state index < -0.39 is 0 Å². The van der Waals surface area contributed by atoms with Crippen LogP contribution in [0.25, 0.3) is 0 Å². The fourth-order valence-corrected chi connectivity index (χ4v) is 4.03. The highest BCUT2D eigenvalue weighted by atomic mass is 35.5. The molecule has 2 aromatic carbocycles. The lowest BCUT2D eigenvalue weighted by Gasteiger charge is -2.31. The van der Waals surface area contributed by atoms with Crippen LogP contribution < -0.4 is 0 Å². The van der Waals surface area contributed by atoms with Gasteiger partial charge in [0.15, 0.2) is 0 Å². The van der Waals surface area contributed by atoms with E-state index in [1.807, 2.05) is 0 Å². The van der Waals surface area contributed by atoms with Crippen molar-refractivity contribution in [2.75, 3.05) is 13.1 Å². The van der Waals surface area contributed by atoms with Gasteiger partial charge in [-0.15, -0.1) is 12.4 Å². The Labute approximate surface area is 144 Å². The van der Waals surface area contributed by atoms with Crippen molar-refractivity contribution in [2.24, 2.45) is 0 Å². The second-order valence-corrected chi connectivity index (χ2v) is 7.05. The lowest BCUT2D eigenvalue weighted by molar-refractivity contribution is 0.225. The largest absolute Gasteiger partial charge is 0.299 e. The highest BCUT2D eigenvalue weighted by molar-refractivity contribution is 7.99. The van der Waals surface area contributed by atoms with Gasteiger partial charge in [-0.25, -0.2) is 0 Å². The van der Waals surface area contributed by atoms with Crippen molar-refractivity contribution in [1.82, 2.24) is 4.90 Å². The quantitative estimate of drug-likeness (QED) is 0.757. The highest BCUT2D eigenvalue weighted by Gasteiger charge is 2.19. The maximum atomic E-state index is 2.59. The Kier molecular flexibility index (Phi) is 7.31. The molecule has 1 nitrogen and oxygen atoms in total. The lowest BCUT2D eigenvalue weighted by Crippen LogP contribution is -2.34.